The molecule has 0 bridgehead atoms. The number of nitriles is 1. The largest absolute Gasteiger partial charge is 0.366 e. The van der Waals surface area contributed by atoms with Crippen LogP contribution in [0.25, 0.3) is 0 Å². The number of piperazine rings is 1. The van der Waals surface area contributed by atoms with Crippen molar-refractivity contribution in [2.24, 2.45) is 0 Å². The van der Waals surface area contributed by atoms with Gasteiger partial charge >= 0.3 is 0 Å². The van der Waals surface area contributed by atoms with Gasteiger partial charge in [0.1, 0.15) is 0 Å². The van der Waals surface area contributed by atoms with Crippen LogP contribution in [0.3, 0.4) is 0 Å². The minimum Gasteiger partial charge on any atom is -0.366 e. The van der Waals surface area contributed by atoms with Crippen LogP contribution in [0.5, 0.6) is 0 Å². The zero-order valence-corrected chi connectivity index (χ0v) is 13.0. The maximum absolute atomic E-state index is 12.1. The first-order chi connectivity index (χ1) is 11.3. The smallest absolute Gasteiger partial charge is 0.201 e. The van der Waals surface area contributed by atoms with Crippen LogP contribution in [0, 0.1) is 11.3 Å². The van der Waals surface area contributed by atoms with Crippen molar-refractivity contribution in [3.63, 3.8) is 0 Å². The quantitative estimate of drug-likeness (QED) is 0.872. The molecule has 0 unspecified atom stereocenters. The van der Waals surface area contributed by atoms with Crippen LogP contribution in [0.15, 0.2) is 59.4 Å². The van der Waals surface area contributed by atoms with Crippen molar-refractivity contribution in [3.8, 4) is 6.07 Å². The van der Waals surface area contributed by atoms with E-state index in [1.165, 1.54) is 5.56 Å². The summed E-state index contributed by atoms with van der Waals surface area (Å²) in [6.45, 7) is 4.45. The van der Waals surface area contributed by atoms with Gasteiger partial charge in [0, 0.05) is 32.7 Å². The molecule has 0 amide bonds. The molecular weight excluding hydrogens is 286 g/mol. The molecule has 0 saturated carbocycles. The van der Waals surface area contributed by atoms with Crippen molar-refractivity contribution in [2.45, 2.75) is 6.54 Å². The molecule has 1 aliphatic rings. The van der Waals surface area contributed by atoms with Crippen LogP contribution in [0.1, 0.15) is 11.1 Å². The lowest BCUT2D eigenvalue weighted by atomic mass is 10.1. The first-order valence-electron chi connectivity index (χ1n) is 7.82. The number of hydrogen-bond acceptors (Lipinski definition) is 4. The van der Waals surface area contributed by atoms with E-state index in [1.807, 2.05) is 42.5 Å². The zero-order chi connectivity index (χ0) is 16.1. The van der Waals surface area contributed by atoms with E-state index in [-0.39, 0.29) is 5.43 Å². The van der Waals surface area contributed by atoms with Crippen molar-refractivity contribution in [1.82, 2.24) is 4.90 Å². The molecule has 4 nitrogen and oxygen atoms in total. The highest BCUT2D eigenvalue weighted by Crippen LogP contribution is 2.13. The summed E-state index contributed by atoms with van der Waals surface area (Å²) >= 11 is 0. The third kappa shape index (κ3) is 3.77. The summed E-state index contributed by atoms with van der Waals surface area (Å²) in [4.78, 5) is 16.6. The Morgan fingerprint density at radius 3 is 2.30 bits per heavy atom. The molecule has 0 N–H and O–H groups in total. The van der Waals surface area contributed by atoms with Crippen molar-refractivity contribution in [2.75, 3.05) is 31.1 Å². The van der Waals surface area contributed by atoms with Crippen molar-refractivity contribution < 1.29 is 0 Å². The van der Waals surface area contributed by atoms with Crippen LogP contribution >= 0.6 is 0 Å². The van der Waals surface area contributed by atoms with E-state index in [0.29, 0.717) is 5.56 Å². The molecular formula is C19H19N3O. The third-order valence-corrected chi connectivity index (χ3v) is 4.18. The summed E-state index contributed by atoms with van der Waals surface area (Å²) in [5.41, 5.74) is 2.77. The van der Waals surface area contributed by atoms with Gasteiger partial charge < -0.3 is 4.90 Å². The molecule has 0 spiro atoms. The molecule has 4 heteroatoms. The van der Waals surface area contributed by atoms with Gasteiger partial charge in [-0.15, -0.1) is 0 Å². The monoisotopic (exact) mass is 305 g/mol. The molecule has 1 aliphatic heterocycles. The Morgan fingerprint density at radius 2 is 1.61 bits per heavy atom. The molecule has 0 atom stereocenters. The highest BCUT2D eigenvalue weighted by Gasteiger charge is 2.18. The highest BCUT2D eigenvalue weighted by molar-refractivity contribution is 5.45. The molecule has 0 aliphatic carbocycles. The lowest BCUT2D eigenvalue weighted by molar-refractivity contribution is 0.250. The summed E-state index contributed by atoms with van der Waals surface area (Å²) in [5, 5.41) is 8.84. The van der Waals surface area contributed by atoms with Gasteiger partial charge in [0.15, 0.2) is 0 Å². The van der Waals surface area contributed by atoms with Gasteiger partial charge in [0.25, 0.3) is 0 Å². The molecule has 23 heavy (non-hydrogen) atoms. The third-order valence-electron chi connectivity index (χ3n) is 4.18. The summed E-state index contributed by atoms with van der Waals surface area (Å²) in [7, 11) is 0. The number of hydrogen-bond donors (Lipinski definition) is 0. The second-order valence-electron chi connectivity index (χ2n) is 5.73. The second kappa shape index (κ2) is 7.08. The van der Waals surface area contributed by atoms with E-state index in [2.05, 4.69) is 15.9 Å². The van der Waals surface area contributed by atoms with Gasteiger partial charge in [0.2, 0.25) is 5.43 Å². The van der Waals surface area contributed by atoms with Crippen molar-refractivity contribution >= 4 is 5.69 Å². The Hall–Kier alpha value is -2.64. The van der Waals surface area contributed by atoms with Gasteiger partial charge in [-0.05, 0) is 29.8 Å². The van der Waals surface area contributed by atoms with Gasteiger partial charge in [-0.25, -0.2) is 0 Å². The predicted octanol–water partition coefficient (Wildman–Crippen LogP) is 2.24. The molecule has 1 fully saturated rings. The van der Waals surface area contributed by atoms with E-state index < -0.39 is 0 Å². The Labute approximate surface area is 136 Å². The topological polar surface area (TPSA) is 47.3 Å². The number of anilines is 1. The molecule has 2 aromatic carbocycles. The average Bonchev–Trinajstić information content (AvgIpc) is 2.81. The van der Waals surface area contributed by atoms with Crippen LogP contribution in [-0.4, -0.2) is 31.1 Å². The van der Waals surface area contributed by atoms with Crippen molar-refractivity contribution in [3.05, 3.63) is 75.9 Å². The highest BCUT2D eigenvalue weighted by atomic mass is 16.1. The molecule has 0 aromatic heterocycles. The normalized spacial score (nSPS) is 15.2. The molecule has 3 rings (SSSR count). The second-order valence-corrected chi connectivity index (χ2v) is 5.73. The molecule has 1 saturated heterocycles. The minimum absolute atomic E-state index is 0.0792. The van der Waals surface area contributed by atoms with Gasteiger partial charge in [-0.1, -0.05) is 30.3 Å². The number of benzene rings is 1. The Balaban J connectivity index is 1.61. The first kappa shape index (κ1) is 15.3. The number of nitrogens with zero attached hydrogens (tertiary/aromatic N) is 3. The van der Waals surface area contributed by atoms with E-state index in [1.54, 1.807) is 12.1 Å². The molecule has 116 valence electrons. The molecule has 2 aromatic rings. The van der Waals surface area contributed by atoms with Gasteiger partial charge in [-0.2, -0.15) is 5.26 Å². The number of rotatable bonds is 3. The lowest BCUT2D eigenvalue weighted by Gasteiger charge is -2.35. The fourth-order valence-corrected chi connectivity index (χ4v) is 2.87. The SMILES string of the molecule is N#Cc1ccc(CN2CCN(c3cccccc3=O)CC2)cc1. The van der Waals surface area contributed by atoms with Gasteiger partial charge in [-0.3, -0.25) is 9.69 Å². The standard InChI is InChI=1S/C19H19N3O/c20-14-16-6-8-17(9-7-16)15-21-10-12-22(13-11-21)18-4-2-1-3-5-19(18)23/h1-9H,10-13,15H2. The molecule has 1 heterocycles. The summed E-state index contributed by atoms with van der Waals surface area (Å²) in [5.74, 6) is 0. The maximum atomic E-state index is 12.1. The molecule has 0 radical (unpaired) electrons. The minimum atomic E-state index is 0.0792. The van der Waals surface area contributed by atoms with E-state index in [0.717, 1.165) is 38.4 Å². The predicted molar refractivity (Wildman–Crippen MR) is 91.4 cm³/mol. The maximum Gasteiger partial charge on any atom is 0.201 e. The van der Waals surface area contributed by atoms with Crippen molar-refractivity contribution in [1.29, 1.82) is 5.26 Å². The summed E-state index contributed by atoms with van der Waals surface area (Å²) in [6.07, 6.45) is 0. The Morgan fingerprint density at radius 1 is 0.913 bits per heavy atom. The van der Waals surface area contributed by atoms with Crippen LogP contribution in [-0.2, 0) is 6.54 Å². The fourth-order valence-electron chi connectivity index (χ4n) is 2.87. The van der Waals surface area contributed by atoms with Crippen LogP contribution < -0.4 is 10.3 Å². The average molecular weight is 305 g/mol. The summed E-state index contributed by atoms with van der Waals surface area (Å²) < 4.78 is 0. The fraction of sp³-hybridized carbons (Fsp3) is 0.263. The van der Waals surface area contributed by atoms with E-state index in [4.69, 9.17) is 5.26 Å². The Bertz CT molecular complexity index is 756. The first-order valence-corrected chi connectivity index (χ1v) is 7.82. The van der Waals surface area contributed by atoms with Gasteiger partial charge in [0.05, 0.1) is 17.3 Å². The van der Waals surface area contributed by atoms with E-state index in [9.17, 15) is 4.79 Å². The van der Waals surface area contributed by atoms with Crippen LogP contribution in [0.2, 0.25) is 0 Å². The lowest BCUT2D eigenvalue weighted by Crippen LogP contribution is -2.47. The van der Waals surface area contributed by atoms with E-state index >= 15 is 0 Å². The Kier molecular flexibility index (Phi) is 4.70. The van der Waals surface area contributed by atoms with Crippen LogP contribution in [0.4, 0.5) is 5.69 Å². The zero-order valence-electron chi connectivity index (χ0n) is 13.0. The summed E-state index contributed by atoms with van der Waals surface area (Å²) in [6, 6.07) is 19.0.